The van der Waals surface area contributed by atoms with Gasteiger partial charge in [0.1, 0.15) is 11.7 Å². The smallest absolute Gasteiger partial charge is 0.260 e. The first-order valence-corrected chi connectivity index (χ1v) is 10.1. The fraction of sp³-hybridized carbons (Fsp3) is 0.304. The molecule has 0 saturated heterocycles. The molecule has 0 aliphatic heterocycles. The number of aromatic nitrogens is 3. The summed E-state index contributed by atoms with van der Waals surface area (Å²) in [4.78, 5) is 33.4. The number of anilines is 1. The standard InChI is InChI=1S/C23H22F2N4O3/c1-4-5-19(30)17-6-12(2)15(11-26-17)14-7-13-10-27-20(8-18(13)29(3)22(14)32)28-21(31)16-9-23(16,24)25/h4,6-8,10-11,16,19,30H,1,5,9H2,2-3H3,(H,27,28,31)/t16-,19-/m0/s1. The first kappa shape index (κ1) is 21.8. The number of rotatable bonds is 6. The minimum absolute atomic E-state index is 0.103. The molecular formula is C23H22F2N4O3. The van der Waals surface area contributed by atoms with E-state index in [0.717, 1.165) is 5.56 Å². The fourth-order valence-electron chi connectivity index (χ4n) is 3.66. The number of nitrogens with one attached hydrogen (secondary N) is 1. The third-order valence-corrected chi connectivity index (χ3v) is 5.66. The van der Waals surface area contributed by atoms with E-state index in [1.54, 1.807) is 31.5 Å². The third kappa shape index (κ3) is 3.91. The molecular weight excluding hydrogens is 418 g/mol. The first-order valence-electron chi connectivity index (χ1n) is 10.1. The van der Waals surface area contributed by atoms with Crippen molar-refractivity contribution in [2.45, 2.75) is 31.8 Å². The molecule has 3 aromatic rings. The molecule has 2 N–H and O–H groups in total. The Hall–Kier alpha value is -3.46. The average Bonchev–Trinajstić information content (AvgIpc) is 3.40. The highest BCUT2D eigenvalue weighted by Gasteiger charge is 2.61. The lowest BCUT2D eigenvalue weighted by atomic mass is 10.0. The van der Waals surface area contributed by atoms with Crippen LogP contribution in [0, 0.1) is 12.8 Å². The first-order chi connectivity index (χ1) is 15.1. The predicted octanol–water partition coefficient (Wildman–Crippen LogP) is 3.51. The predicted molar refractivity (Wildman–Crippen MR) is 116 cm³/mol. The summed E-state index contributed by atoms with van der Waals surface area (Å²) >= 11 is 0. The summed E-state index contributed by atoms with van der Waals surface area (Å²) in [7, 11) is 1.58. The average molecular weight is 440 g/mol. The maximum absolute atomic E-state index is 13.1. The number of hydrogen-bond donors (Lipinski definition) is 2. The Morgan fingerprint density at radius 3 is 2.69 bits per heavy atom. The van der Waals surface area contributed by atoms with Crippen LogP contribution in [0.25, 0.3) is 22.0 Å². The van der Waals surface area contributed by atoms with Gasteiger partial charge < -0.3 is 15.0 Å². The van der Waals surface area contributed by atoms with E-state index < -0.39 is 30.3 Å². The van der Waals surface area contributed by atoms with E-state index in [0.29, 0.717) is 34.1 Å². The number of aryl methyl sites for hydroxylation is 2. The summed E-state index contributed by atoms with van der Waals surface area (Å²) < 4.78 is 27.6. The molecule has 3 heterocycles. The van der Waals surface area contributed by atoms with Crippen LogP contribution in [0.3, 0.4) is 0 Å². The largest absolute Gasteiger partial charge is 0.386 e. The molecule has 0 spiro atoms. The lowest BCUT2D eigenvalue weighted by molar-refractivity contribution is -0.119. The summed E-state index contributed by atoms with van der Waals surface area (Å²) in [6, 6.07) is 4.89. The van der Waals surface area contributed by atoms with Crippen molar-refractivity contribution in [3.8, 4) is 11.1 Å². The molecule has 0 unspecified atom stereocenters. The number of aliphatic hydroxyl groups is 1. The lowest BCUT2D eigenvalue weighted by Gasteiger charge is -2.14. The van der Waals surface area contributed by atoms with Crippen molar-refractivity contribution in [2.75, 3.05) is 5.32 Å². The van der Waals surface area contributed by atoms with Gasteiger partial charge in [-0.3, -0.25) is 14.6 Å². The van der Waals surface area contributed by atoms with Gasteiger partial charge in [0.25, 0.3) is 11.5 Å². The van der Waals surface area contributed by atoms with Crippen LogP contribution in [-0.2, 0) is 11.8 Å². The normalized spacial score (nSPS) is 17.7. The maximum Gasteiger partial charge on any atom is 0.260 e. The number of hydrogen-bond acceptors (Lipinski definition) is 5. The molecule has 1 saturated carbocycles. The molecule has 4 rings (SSSR count). The van der Waals surface area contributed by atoms with Crippen LogP contribution in [0.2, 0.25) is 0 Å². The minimum atomic E-state index is -2.97. The van der Waals surface area contributed by atoms with Crippen molar-refractivity contribution in [3.63, 3.8) is 0 Å². The second-order valence-corrected chi connectivity index (χ2v) is 8.02. The van der Waals surface area contributed by atoms with Crippen LogP contribution in [0.1, 0.15) is 30.2 Å². The maximum atomic E-state index is 13.1. The monoisotopic (exact) mass is 440 g/mol. The van der Waals surface area contributed by atoms with Crippen molar-refractivity contribution in [1.82, 2.24) is 14.5 Å². The van der Waals surface area contributed by atoms with Gasteiger partial charge in [-0.2, -0.15) is 0 Å². The molecule has 2 atom stereocenters. The zero-order valence-corrected chi connectivity index (χ0v) is 17.6. The number of alkyl halides is 2. The Kier molecular flexibility index (Phi) is 5.37. The molecule has 0 aromatic carbocycles. The Morgan fingerprint density at radius 1 is 1.34 bits per heavy atom. The number of nitrogens with zero attached hydrogens (tertiary/aromatic N) is 3. The van der Waals surface area contributed by atoms with E-state index in [-0.39, 0.29) is 11.4 Å². The van der Waals surface area contributed by atoms with Crippen LogP contribution in [0.5, 0.6) is 0 Å². The fourth-order valence-corrected chi connectivity index (χ4v) is 3.66. The van der Waals surface area contributed by atoms with Gasteiger partial charge in [-0.05, 0) is 31.0 Å². The molecule has 166 valence electrons. The van der Waals surface area contributed by atoms with Gasteiger partial charge in [0.15, 0.2) is 0 Å². The zero-order valence-electron chi connectivity index (χ0n) is 17.6. The quantitative estimate of drug-likeness (QED) is 0.572. The lowest BCUT2D eigenvalue weighted by Crippen LogP contribution is -2.21. The molecule has 1 aliphatic rings. The van der Waals surface area contributed by atoms with Gasteiger partial charge in [-0.25, -0.2) is 13.8 Å². The number of carbonyl (C=O) groups excluding carboxylic acids is 1. The van der Waals surface area contributed by atoms with Crippen LogP contribution in [-0.4, -0.2) is 31.5 Å². The van der Waals surface area contributed by atoms with Crippen LogP contribution in [0.4, 0.5) is 14.6 Å². The summed E-state index contributed by atoms with van der Waals surface area (Å²) in [5.41, 5.74) is 2.50. The Balaban J connectivity index is 1.69. The van der Waals surface area contributed by atoms with E-state index >= 15 is 0 Å². The molecule has 0 bridgehead atoms. The van der Waals surface area contributed by atoms with Gasteiger partial charge in [0, 0.05) is 48.4 Å². The number of carbonyl (C=O) groups is 1. The molecule has 1 aliphatic carbocycles. The van der Waals surface area contributed by atoms with Crippen molar-refractivity contribution < 1.29 is 18.7 Å². The third-order valence-electron chi connectivity index (χ3n) is 5.66. The second kappa shape index (κ2) is 7.90. The molecule has 9 heteroatoms. The van der Waals surface area contributed by atoms with E-state index in [9.17, 15) is 23.5 Å². The zero-order chi connectivity index (χ0) is 23.2. The summed E-state index contributed by atoms with van der Waals surface area (Å²) in [5.74, 6) is -4.99. The number of halogens is 2. The SMILES string of the molecule is C=CC[C@H](O)c1cc(C)c(-c2cc3cnc(NC(=O)[C@@H]4CC4(F)F)cc3n(C)c2=O)cn1. The minimum Gasteiger partial charge on any atom is -0.386 e. The summed E-state index contributed by atoms with van der Waals surface area (Å²) in [5, 5.41) is 13.1. The molecule has 1 amide bonds. The van der Waals surface area contributed by atoms with E-state index in [1.807, 2.05) is 6.92 Å². The van der Waals surface area contributed by atoms with Gasteiger partial charge in [-0.1, -0.05) is 6.08 Å². The number of aliphatic hydroxyl groups excluding tert-OH is 1. The van der Waals surface area contributed by atoms with Crippen molar-refractivity contribution in [1.29, 1.82) is 0 Å². The van der Waals surface area contributed by atoms with Crippen LogP contribution < -0.4 is 10.9 Å². The number of fused-ring (bicyclic) bond motifs is 1. The number of pyridine rings is 3. The molecule has 0 radical (unpaired) electrons. The topological polar surface area (TPSA) is 97.1 Å². The van der Waals surface area contributed by atoms with Crippen LogP contribution >= 0.6 is 0 Å². The van der Waals surface area contributed by atoms with E-state index in [2.05, 4.69) is 21.9 Å². The highest BCUT2D eigenvalue weighted by molar-refractivity contribution is 5.96. The van der Waals surface area contributed by atoms with Crippen molar-refractivity contribution in [2.24, 2.45) is 13.0 Å². The van der Waals surface area contributed by atoms with E-state index in [4.69, 9.17) is 0 Å². The van der Waals surface area contributed by atoms with E-state index in [1.165, 1.54) is 16.8 Å². The van der Waals surface area contributed by atoms with Gasteiger partial charge >= 0.3 is 0 Å². The van der Waals surface area contributed by atoms with Gasteiger partial charge in [-0.15, -0.1) is 6.58 Å². The van der Waals surface area contributed by atoms with Crippen molar-refractivity contribution in [3.05, 3.63) is 64.9 Å². The van der Waals surface area contributed by atoms with Crippen LogP contribution in [0.15, 0.2) is 48.0 Å². The Labute approximate surface area is 182 Å². The highest BCUT2D eigenvalue weighted by Crippen LogP contribution is 2.49. The van der Waals surface area contributed by atoms with Gasteiger partial charge in [0.05, 0.1) is 17.3 Å². The molecule has 7 nitrogen and oxygen atoms in total. The summed E-state index contributed by atoms with van der Waals surface area (Å²) in [6.45, 7) is 5.44. The summed E-state index contributed by atoms with van der Waals surface area (Å²) in [6.07, 6.45) is 3.76. The van der Waals surface area contributed by atoms with Gasteiger partial charge in [0.2, 0.25) is 5.91 Å². The Morgan fingerprint density at radius 2 is 2.06 bits per heavy atom. The molecule has 1 fully saturated rings. The Bertz CT molecular complexity index is 1300. The molecule has 32 heavy (non-hydrogen) atoms. The number of amides is 1. The van der Waals surface area contributed by atoms with Crippen molar-refractivity contribution >= 4 is 22.6 Å². The highest BCUT2D eigenvalue weighted by atomic mass is 19.3. The molecule has 3 aromatic heterocycles. The second-order valence-electron chi connectivity index (χ2n) is 8.02.